The van der Waals surface area contributed by atoms with Gasteiger partial charge in [-0.1, -0.05) is 6.92 Å². The van der Waals surface area contributed by atoms with E-state index in [1.54, 1.807) is 18.4 Å². The molecule has 0 spiro atoms. The van der Waals surface area contributed by atoms with Gasteiger partial charge in [-0.05, 0) is 25.8 Å². The first-order valence-corrected chi connectivity index (χ1v) is 7.57. The van der Waals surface area contributed by atoms with E-state index in [4.69, 9.17) is 4.74 Å². The van der Waals surface area contributed by atoms with Crippen LogP contribution in [-0.4, -0.2) is 37.8 Å². The number of nitrogens with one attached hydrogen (secondary N) is 1. The fourth-order valence-electron chi connectivity index (χ4n) is 1.91. The third-order valence-electron chi connectivity index (χ3n) is 3.04. The second kappa shape index (κ2) is 7.07. The Labute approximate surface area is 113 Å². The first-order valence-electron chi connectivity index (χ1n) is 6.76. The van der Waals surface area contributed by atoms with Crippen molar-refractivity contribution in [3.8, 4) is 0 Å². The molecule has 4 nitrogen and oxygen atoms in total. The zero-order valence-electron chi connectivity index (χ0n) is 11.3. The first-order chi connectivity index (χ1) is 8.85. The third kappa shape index (κ3) is 3.93. The lowest BCUT2D eigenvalue weighted by Gasteiger charge is -2.20. The van der Waals surface area contributed by atoms with Crippen molar-refractivity contribution in [2.24, 2.45) is 0 Å². The predicted octanol–water partition coefficient (Wildman–Crippen LogP) is 2.26. The van der Waals surface area contributed by atoms with Crippen LogP contribution in [0.25, 0.3) is 0 Å². The van der Waals surface area contributed by atoms with Crippen molar-refractivity contribution >= 4 is 16.5 Å². The quantitative estimate of drug-likeness (QED) is 0.698. The summed E-state index contributed by atoms with van der Waals surface area (Å²) >= 11 is 1.81. The number of anilines is 1. The molecule has 0 radical (unpaired) electrons. The lowest BCUT2D eigenvalue weighted by Crippen LogP contribution is -2.29. The minimum absolute atomic E-state index is 0.697. The molecule has 1 aliphatic carbocycles. The Morgan fingerprint density at radius 2 is 2.39 bits per heavy atom. The largest absolute Gasteiger partial charge is 0.383 e. The van der Waals surface area contributed by atoms with Gasteiger partial charge in [0.1, 0.15) is 0 Å². The summed E-state index contributed by atoms with van der Waals surface area (Å²) in [6.07, 6.45) is 5.78. The fraction of sp³-hybridized carbons (Fsp3) is 0.769. The van der Waals surface area contributed by atoms with E-state index in [2.05, 4.69) is 22.1 Å². The highest BCUT2D eigenvalue weighted by atomic mass is 32.1. The third-order valence-corrected chi connectivity index (χ3v) is 4.07. The molecule has 1 N–H and O–H groups in total. The Morgan fingerprint density at radius 3 is 3.06 bits per heavy atom. The summed E-state index contributed by atoms with van der Waals surface area (Å²) in [4.78, 5) is 8.28. The standard InChI is InChI=1S/C13H23N3OS/c1-3-6-14-9-12-10-15-13(18-12)16(7-8-17-2)11-4-5-11/h10-11,14H,3-9H2,1-2H3. The summed E-state index contributed by atoms with van der Waals surface area (Å²) in [5, 5.41) is 4.57. The molecule has 0 aliphatic heterocycles. The fourth-order valence-corrected chi connectivity index (χ4v) is 2.89. The van der Waals surface area contributed by atoms with Crippen molar-refractivity contribution in [2.45, 2.75) is 38.8 Å². The molecule has 0 aromatic carbocycles. The van der Waals surface area contributed by atoms with Crippen LogP contribution in [0.3, 0.4) is 0 Å². The maximum Gasteiger partial charge on any atom is 0.185 e. The Morgan fingerprint density at radius 1 is 1.56 bits per heavy atom. The monoisotopic (exact) mass is 269 g/mol. The van der Waals surface area contributed by atoms with Crippen LogP contribution in [0.1, 0.15) is 31.1 Å². The average Bonchev–Trinajstić information content (AvgIpc) is 3.10. The molecule has 0 atom stereocenters. The van der Waals surface area contributed by atoms with Gasteiger partial charge in [0.05, 0.1) is 6.61 Å². The van der Waals surface area contributed by atoms with E-state index in [0.717, 1.165) is 31.4 Å². The van der Waals surface area contributed by atoms with Crippen molar-refractivity contribution in [1.29, 1.82) is 0 Å². The maximum absolute atomic E-state index is 5.18. The molecule has 102 valence electrons. The van der Waals surface area contributed by atoms with E-state index in [1.807, 2.05) is 6.20 Å². The summed E-state index contributed by atoms with van der Waals surface area (Å²) in [6, 6.07) is 0.697. The zero-order chi connectivity index (χ0) is 12.8. The van der Waals surface area contributed by atoms with Gasteiger partial charge in [0.2, 0.25) is 0 Å². The van der Waals surface area contributed by atoms with Crippen LogP contribution in [0.2, 0.25) is 0 Å². The molecule has 1 aromatic rings. The van der Waals surface area contributed by atoms with Crippen molar-refractivity contribution in [2.75, 3.05) is 31.7 Å². The summed E-state index contributed by atoms with van der Waals surface area (Å²) in [6.45, 7) is 5.93. The Balaban J connectivity index is 1.89. The molecule has 1 fully saturated rings. The minimum Gasteiger partial charge on any atom is -0.383 e. The average molecular weight is 269 g/mol. The van der Waals surface area contributed by atoms with Crippen molar-refractivity contribution in [1.82, 2.24) is 10.3 Å². The number of ether oxygens (including phenoxy) is 1. The van der Waals surface area contributed by atoms with Gasteiger partial charge in [0, 0.05) is 37.3 Å². The summed E-state index contributed by atoms with van der Waals surface area (Å²) in [5.41, 5.74) is 0. The molecular formula is C13H23N3OS. The van der Waals surface area contributed by atoms with Gasteiger partial charge >= 0.3 is 0 Å². The smallest absolute Gasteiger partial charge is 0.185 e. The highest BCUT2D eigenvalue weighted by molar-refractivity contribution is 7.15. The topological polar surface area (TPSA) is 37.4 Å². The number of hydrogen-bond acceptors (Lipinski definition) is 5. The van der Waals surface area contributed by atoms with Crippen LogP contribution in [0.5, 0.6) is 0 Å². The van der Waals surface area contributed by atoms with Gasteiger partial charge in [-0.15, -0.1) is 11.3 Å². The highest BCUT2D eigenvalue weighted by Crippen LogP contribution is 2.33. The second-order valence-corrected chi connectivity index (χ2v) is 5.80. The zero-order valence-corrected chi connectivity index (χ0v) is 12.1. The number of methoxy groups -OCH3 is 1. The normalized spacial score (nSPS) is 15.0. The van der Waals surface area contributed by atoms with Gasteiger partial charge < -0.3 is 15.0 Å². The van der Waals surface area contributed by atoms with E-state index >= 15 is 0 Å². The van der Waals surface area contributed by atoms with Crippen molar-refractivity contribution in [3.05, 3.63) is 11.1 Å². The molecule has 0 bridgehead atoms. The highest BCUT2D eigenvalue weighted by Gasteiger charge is 2.30. The van der Waals surface area contributed by atoms with E-state index in [-0.39, 0.29) is 0 Å². The molecule has 0 amide bonds. The molecule has 1 aromatic heterocycles. The number of nitrogens with zero attached hydrogens (tertiary/aromatic N) is 2. The molecule has 2 rings (SSSR count). The van der Waals surface area contributed by atoms with E-state index in [1.165, 1.54) is 24.1 Å². The molecule has 5 heteroatoms. The molecule has 0 unspecified atom stereocenters. The van der Waals surface area contributed by atoms with Crippen LogP contribution in [0.15, 0.2) is 6.20 Å². The van der Waals surface area contributed by atoms with Gasteiger partial charge in [0.15, 0.2) is 5.13 Å². The van der Waals surface area contributed by atoms with E-state index < -0.39 is 0 Å². The maximum atomic E-state index is 5.18. The van der Waals surface area contributed by atoms with Gasteiger partial charge in [-0.3, -0.25) is 0 Å². The van der Waals surface area contributed by atoms with Crippen molar-refractivity contribution in [3.63, 3.8) is 0 Å². The van der Waals surface area contributed by atoms with Crippen LogP contribution in [0.4, 0.5) is 5.13 Å². The Bertz CT molecular complexity index is 352. The molecule has 1 saturated carbocycles. The Hall–Kier alpha value is -0.650. The SMILES string of the molecule is CCCNCc1cnc(N(CCOC)C2CC2)s1. The molecule has 1 heterocycles. The summed E-state index contributed by atoms with van der Waals surface area (Å²) in [5.74, 6) is 0. The molecule has 1 aliphatic rings. The predicted molar refractivity (Wildman–Crippen MR) is 76.4 cm³/mol. The lowest BCUT2D eigenvalue weighted by molar-refractivity contribution is 0.205. The summed E-state index contributed by atoms with van der Waals surface area (Å²) in [7, 11) is 1.76. The van der Waals surface area contributed by atoms with Gasteiger partial charge in [-0.25, -0.2) is 4.98 Å². The van der Waals surface area contributed by atoms with Gasteiger partial charge in [-0.2, -0.15) is 0 Å². The van der Waals surface area contributed by atoms with Gasteiger partial charge in [0.25, 0.3) is 0 Å². The van der Waals surface area contributed by atoms with Crippen LogP contribution < -0.4 is 10.2 Å². The van der Waals surface area contributed by atoms with Crippen LogP contribution in [-0.2, 0) is 11.3 Å². The number of rotatable bonds is 9. The van der Waals surface area contributed by atoms with Crippen molar-refractivity contribution < 1.29 is 4.74 Å². The summed E-state index contributed by atoms with van der Waals surface area (Å²) < 4.78 is 5.18. The van der Waals surface area contributed by atoms with E-state index in [0.29, 0.717) is 6.04 Å². The second-order valence-electron chi connectivity index (χ2n) is 4.70. The van der Waals surface area contributed by atoms with Crippen LogP contribution in [0, 0.1) is 0 Å². The lowest BCUT2D eigenvalue weighted by atomic mass is 10.4. The van der Waals surface area contributed by atoms with Crippen LogP contribution >= 0.6 is 11.3 Å². The minimum atomic E-state index is 0.697. The number of thiazole rings is 1. The van der Waals surface area contributed by atoms with E-state index in [9.17, 15) is 0 Å². The Kier molecular flexibility index (Phi) is 5.41. The molecule has 18 heavy (non-hydrogen) atoms. The first kappa shape index (κ1) is 13.8. The number of hydrogen-bond donors (Lipinski definition) is 1. The number of aromatic nitrogens is 1. The molecule has 0 saturated heterocycles. The molecular weight excluding hydrogens is 246 g/mol.